The molecule has 0 atom stereocenters. The summed E-state index contributed by atoms with van der Waals surface area (Å²) >= 11 is 0. The zero-order chi connectivity index (χ0) is 18.5. The molecule has 1 heterocycles. The van der Waals surface area contributed by atoms with Gasteiger partial charge in [0.2, 0.25) is 0 Å². The molecule has 0 aliphatic heterocycles. The number of benzene rings is 2. The van der Waals surface area contributed by atoms with Crippen LogP contribution in [0.15, 0.2) is 54.6 Å². The molecule has 0 aliphatic carbocycles. The summed E-state index contributed by atoms with van der Waals surface area (Å²) in [6, 6.07) is 15.5. The number of aromatic nitrogens is 2. The first-order chi connectivity index (χ1) is 12.5. The fraction of sp³-hybridized carbons (Fsp3) is 0.150. The second kappa shape index (κ2) is 7.74. The molecule has 6 heteroatoms. The second-order valence-electron chi connectivity index (χ2n) is 5.80. The van der Waals surface area contributed by atoms with Crippen molar-refractivity contribution in [2.24, 2.45) is 0 Å². The molecule has 3 aromatic rings. The Bertz CT molecular complexity index is 925. The Morgan fingerprint density at radius 1 is 1.08 bits per heavy atom. The molecule has 3 rings (SSSR count). The first kappa shape index (κ1) is 17.5. The Labute approximate surface area is 151 Å². The number of hydrogen-bond acceptors (Lipinski definition) is 4. The van der Waals surface area contributed by atoms with Crippen molar-refractivity contribution in [1.29, 1.82) is 0 Å². The van der Waals surface area contributed by atoms with Gasteiger partial charge < -0.3 is 10.6 Å². The fourth-order valence-electron chi connectivity index (χ4n) is 2.47. The van der Waals surface area contributed by atoms with Crippen LogP contribution < -0.4 is 10.6 Å². The number of hydrogen-bond donors (Lipinski definition) is 2. The predicted octanol–water partition coefficient (Wildman–Crippen LogP) is 4.48. The molecule has 2 N–H and O–H groups in total. The van der Waals surface area contributed by atoms with Gasteiger partial charge in [-0.05, 0) is 43.2 Å². The summed E-state index contributed by atoms with van der Waals surface area (Å²) in [5.41, 5.74) is 2.37. The van der Waals surface area contributed by atoms with Crippen LogP contribution in [0.5, 0.6) is 0 Å². The smallest absolute Gasteiger partial charge is 0.274 e. The third-order valence-corrected chi connectivity index (χ3v) is 3.83. The van der Waals surface area contributed by atoms with E-state index in [0.717, 1.165) is 12.1 Å². The highest BCUT2D eigenvalue weighted by Crippen LogP contribution is 2.18. The standard InChI is InChI=1S/C20H19FN4O/c1-3-14-8-10-15(11-9-14)24-19-12-18(22-13(2)23-19)20(26)25-17-7-5-4-6-16(17)21/h4-12H,3H2,1-2H3,(H,25,26)(H,22,23,24). The third kappa shape index (κ3) is 4.22. The van der Waals surface area contributed by atoms with Gasteiger partial charge in [-0.3, -0.25) is 4.79 Å². The number of anilines is 3. The molecular weight excluding hydrogens is 331 g/mol. The van der Waals surface area contributed by atoms with E-state index in [-0.39, 0.29) is 11.4 Å². The molecule has 5 nitrogen and oxygen atoms in total. The third-order valence-electron chi connectivity index (χ3n) is 3.83. The number of nitrogens with one attached hydrogen (secondary N) is 2. The Balaban J connectivity index is 1.80. The maximum Gasteiger partial charge on any atom is 0.274 e. The van der Waals surface area contributed by atoms with Crippen LogP contribution in [0.2, 0.25) is 0 Å². The lowest BCUT2D eigenvalue weighted by molar-refractivity contribution is 0.102. The average molecular weight is 350 g/mol. The van der Waals surface area contributed by atoms with E-state index < -0.39 is 11.7 Å². The van der Waals surface area contributed by atoms with Gasteiger partial charge in [0.25, 0.3) is 5.91 Å². The van der Waals surface area contributed by atoms with Crippen LogP contribution >= 0.6 is 0 Å². The number of para-hydroxylation sites is 1. The lowest BCUT2D eigenvalue weighted by atomic mass is 10.1. The van der Waals surface area contributed by atoms with Crippen molar-refractivity contribution in [3.8, 4) is 0 Å². The molecule has 0 spiro atoms. The Hall–Kier alpha value is -3.28. The largest absolute Gasteiger partial charge is 0.340 e. The van der Waals surface area contributed by atoms with Gasteiger partial charge in [-0.2, -0.15) is 0 Å². The SMILES string of the molecule is CCc1ccc(Nc2cc(C(=O)Nc3ccccc3F)nc(C)n2)cc1. The van der Waals surface area contributed by atoms with Crippen LogP contribution in [0.4, 0.5) is 21.6 Å². The van der Waals surface area contributed by atoms with Gasteiger partial charge in [0.15, 0.2) is 0 Å². The Morgan fingerprint density at radius 2 is 1.81 bits per heavy atom. The monoisotopic (exact) mass is 350 g/mol. The number of amides is 1. The van der Waals surface area contributed by atoms with E-state index >= 15 is 0 Å². The number of aryl methyl sites for hydroxylation is 2. The minimum Gasteiger partial charge on any atom is -0.340 e. The van der Waals surface area contributed by atoms with Crippen molar-refractivity contribution in [3.63, 3.8) is 0 Å². The fourth-order valence-corrected chi connectivity index (χ4v) is 2.47. The molecule has 0 radical (unpaired) electrons. The van der Waals surface area contributed by atoms with Crippen molar-refractivity contribution < 1.29 is 9.18 Å². The van der Waals surface area contributed by atoms with Gasteiger partial charge in [-0.15, -0.1) is 0 Å². The summed E-state index contributed by atoms with van der Waals surface area (Å²) in [5.74, 6) is -0.0507. The van der Waals surface area contributed by atoms with Crippen LogP contribution in [0, 0.1) is 12.7 Å². The van der Waals surface area contributed by atoms with E-state index in [1.807, 2.05) is 24.3 Å². The molecule has 0 bridgehead atoms. The first-order valence-corrected chi connectivity index (χ1v) is 8.32. The maximum atomic E-state index is 13.7. The summed E-state index contributed by atoms with van der Waals surface area (Å²) in [5, 5.41) is 5.69. The molecule has 0 saturated carbocycles. The van der Waals surface area contributed by atoms with Crippen molar-refractivity contribution in [1.82, 2.24) is 9.97 Å². The summed E-state index contributed by atoms with van der Waals surface area (Å²) in [6.07, 6.45) is 0.966. The summed E-state index contributed by atoms with van der Waals surface area (Å²) in [4.78, 5) is 20.9. The highest BCUT2D eigenvalue weighted by Gasteiger charge is 2.13. The molecular formula is C20H19FN4O. The van der Waals surface area contributed by atoms with Gasteiger partial charge in [0.1, 0.15) is 23.2 Å². The van der Waals surface area contributed by atoms with E-state index in [9.17, 15) is 9.18 Å². The van der Waals surface area contributed by atoms with Gasteiger partial charge in [-0.25, -0.2) is 14.4 Å². The Kier molecular flexibility index (Phi) is 5.22. The molecule has 2 aromatic carbocycles. The molecule has 132 valence electrons. The maximum absolute atomic E-state index is 13.7. The van der Waals surface area contributed by atoms with E-state index in [1.54, 1.807) is 19.1 Å². The van der Waals surface area contributed by atoms with Crippen molar-refractivity contribution in [2.45, 2.75) is 20.3 Å². The molecule has 0 unspecified atom stereocenters. The van der Waals surface area contributed by atoms with Gasteiger partial charge in [0.05, 0.1) is 5.69 Å². The topological polar surface area (TPSA) is 66.9 Å². The normalized spacial score (nSPS) is 10.4. The van der Waals surface area contributed by atoms with Crippen LogP contribution in [-0.2, 0) is 6.42 Å². The molecule has 26 heavy (non-hydrogen) atoms. The minimum atomic E-state index is -0.499. The van der Waals surface area contributed by atoms with E-state index in [0.29, 0.717) is 11.6 Å². The molecule has 1 amide bonds. The van der Waals surface area contributed by atoms with Gasteiger partial charge in [0, 0.05) is 11.8 Å². The molecule has 0 saturated heterocycles. The van der Waals surface area contributed by atoms with E-state index in [2.05, 4.69) is 27.5 Å². The minimum absolute atomic E-state index is 0.110. The predicted molar refractivity (Wildman–Crippen MR) is 100 cm³/mol. The highest BCUT2D eigenvalue weighted by molar-refractivity contribution is 6.03. The lowest BCUT2D eigenvalue weighted by Gasteiger charge is -2.10. The summed E-state index contributed by atoms with van der Waals surface area (Å²) in [7, 11) is 0. The average Bonchev–Trinajstić information content (AvgIpc) is 2.64. The quantitative estimate of drug-likeness (QED) is 0.712. The lowest BCUT2D eigenvalue weighted by Crippen LogP contribution is -2.16. The van der Waals surface area contributed by atoms with Crippen molar-refractivity contribution in [3.05, 3.63) is 77.5 Å². The van der Waals surface area contributed by atoms with Gasteiger partial charge >= 0.3 is 0 Å². The van der Waals surface area contributed by atoms with E-state index in [4.69, 9.17) is 0 Å². The van der Waals surface area contributed by atoms with Crippen LogP contribution in [0.25, 0.3) is 0 Å². The number of carbonyl (C=O) groups excluding carboxylic acids is 1. The summed E-state index contributed by atoms with van der Waals surface area (Å²) in [6.45, 7) is 3.79. The second-order valence-corrected chi connectivity index (χ2v) is 5.80. The Morgan fingerprint density at radius 3 is 2.50 bits per heavy atom. The zero-order valence-corrected chi connectivity index (χ0v) is 14.6. The first-order valence-electron chi connectivity index (χ1n) is 8.32. The molecule has 0 fully saturated rings. The van der Waals surface area contributed by atoms with E-state index in [1.165, 1.54) is 23.8 Å². The molecule has 0 aliphatic rings. The zero-order valence-electron chi connectivity index (χ0n) is 14.6. The summed E-state index contributed by atoms with van der Waals surface area (Å²) < 4.78 is 13.7. The van der Waals surface area contributed by atoms with Crippen molar-refractivity contribution in [2.75, 3.05) is 10.6 Å². The highest BCUT2D eigenvalue weighted by atomic mass is 19.1. The molecule has 1 aromatic heterocycles. The van der Waals surface area contributed by atoms with Gasteiger partial charge in [-0.1, -0.05) is 31.2 Å². The number of rotatable bonds is 5. The number of nitrogens with zero attached hydrogens (tertiary/aromatic N) is 2. The van der Waals surface area contributed by atoms with Crippen molar-refractivity contribution >= 4 is 23.1 Å². The van der Waals surface area contributed by atoms with Crippen LogP contribution in [0.3, 0.4) is 0 Å². The number of halogens is 1. The van der Waals surface area contributed by atoms with Crippen LogP contribution in [-0.4, -0.2) is 15.9 Å². The number of carbonyl (C=O) groups is 1. The van der Waals surface area contributed by atoms with Crippen LogP contribution in [0.1, 0.15) is 28.8 Å².